The van der Waals surface area contributed by atoms with Crippen LogP contribution in [0, 0.1) is 0 Å². The zero-order valence-electron chi connectivity index (χ0n) is 11.8. The molecule has 0 aromatic heterocycles. The number of halogens is 1. The summed E-state index contributed by atoms with van der Waals surface area (Å²) in [5, 5.41) is 8.67. The first kappa shape index (κ1) is 16.0. The topological polar surface area (TPSA) is 60.9 Å². The highest BCUT2D eigenvalue weighted by molar-refractivity contribution is 9.10. The van der Waals surface area contributed by atoms with Crippen molar-refractivity contribution in [1.82, 2.24) is 9.80 Å². The summed E-state index contributed by atoms with van der Waals surface area (Å²) in [5.74, 6) is -0.640. The molecule has 0 spiro atoms. The molecule has 114 valence electrons. The minimum absolute atomic E-state index is 0.134. The Kier molecular flexibility index (Phi) is 5.76. The largest absolute Gasteiger partial charge is 0.481 e. The third kappa shape index (κ3) is 5.13. The van der Waals surface area contributed by atoms with E-state index in [0.29, 0.717) is 26.1 Å². The van der Waals surface area contributed by atoms with Gasteiger partial charge in [-0.25, -0.2) is 0 Å². The number of hydrogen-bond donors (Lipinski definition) is 1. The van der Waals surface area contributed by atoms with Gasteiger partial charge < -0.3 is 10.0 Å². The maximum absolute atomic E-state index is 12.2. The van der Waals surface area contributed by atoms with Gasteiger partial charge in [-0.2, -0.15) is 0 Å². The van der Waals surface area contributed by atoms with E-state index in [1.165, 1.54) is 0 Å². The Bertz CT molecular complexity index is 496. The van der Waals surface area contributed by atoms with Crippen molar-refractivity contribution >= 4 is 27.8 Å². The molecule has 1 fully saturated rings. The van der Waals surface area contributed by atoms with Crippen molar-refractivity contribution in [2.24, 2.45) is 0 Å². The fourth-order valence-corrected chi connectivity index (χ4v) is 2.63. The summed E-state index contributed by atoms with van der Waals surface area (Å²) < 4.78 is 1.01. The lowest BCUT2D eigenvalue weighted by Gasteiger charge is -2.34. The average Bonchev–Trinajstić information content (AvgIpc) is 2.48. The number of carbonyl (C=O) groups excluding carboxylic acids is 1. The summed E-state index contributed by atoms with van der Waals surface area (Å²) in [6.07, 6.45) is 0.579. The van der Waals surface area contributed by atoms with Gasteiger partial charge in [-0.1, -0.05) is 28.1 Å². The SMILES string of the molecule is O=C(O)CCN1CCN(C(=O)Cc2ccc(Br)cc2)CC1. The highest BCUT2D eigenvalue weighted by Crippen LogP contribution is 2.12. The summed E-state index contributed by atoms with van der Waals surface area (Å²) in [6.45, 7) is 3.41. The van der Waals surface area contributed by atoms with Crippen LogP contribution in [0.15, 0.2) is 28.7 Å². The standard InChI is InChI=1S/C15H19BrN2O3/c16-13-3-1-12(2-4-13)11-14(19)18-9-7-17(8-10-18)6-5-15(20)21/h1-4H,5-11H2,(H,20,21). The quantitative estimate of drug-likeness (QED) is 0.872. The molecule has 1 saturated heterocycles. The third-order valence-electron chi connectivity index (χ3n) is 3.64. The highest BCUT2D eigenvalue weighted by Gasteiger charge is 2.21. The van der Waals surface area contributed by atoms with Crippen LogP contribution in [0.1, 0.15) is 12.0 Å². The van der Waals surface area contributed by atoms with Gasteiger partial charge in [-0.3, -0.25) is 14.5 Å². The Morgan fingerprint density at radius 3 is 2.29 bits per heavy atom. The number of aliphatic carboxylic acids is 1. The first-order valence-electron chi connectivity index (χ1n) is 7.01. The number of rotatable bonds is 5. The molecule has 1 heterocycles. The Labute approximate surface area is 132 Å². The van der Waals surface area contributed by atoms with E-state index in [9.17, 15) is 9.59 Å². The zero-order chi connectivity index (χ0) is 15.2. The fourth-order valence-electron chi connectivity index (χ4n) is 2.36. The second-order valence-electron chi connectivity index (χ2n) is 5.17. The molecule has 0 unspecified atom stereocenters. The Morgan fingerprint density at radius 2 is 1.71 bits per heavy atom. The predicted octanol–water partition coefficient (Wildman–Crippen LogP) is 1.61. The van der Waals surface area contributed by atoms with E-state index in [1.807, 2.05) is 29.2 Å². The number of nitrogens with zero attached hydrogens (tertiary/aromatic N) is 2. The molecule has 5 nitrogen and oxygen atoms in total. The number of benzene rings is 1. The first-order valence-corrected chi connectivity index (χ1v) is 7.80. The number of carboxylic acid groups (broad SMARTS) is 1. The van der Waals surface area contributed by atoms with Crippen LogP contribution in [0.25, 0.3) is 0 Å². The maximum atomic E-state index is 12.2. The first-order chi connectivity index (χ1) is 10.0. The van der Waals surface area contributed by atoms with E-state index in [1.54, 1.807) is 0 Å². The van der Waals surface area contributed by atoms with Crippen LogP contribution < -0.4 is 0 Å². The molecule has 21 heavy (non-hydrogen) atoms. The van der Waals surface area contributed by atoms with E-state index in [2.05, 4.69) is 20.8 Å². The molecule has 1 aromatic rings. The summed E-state index contributed by atoms with van der Waals surface area (Å²) >= 11 is 3.38. The fraction of sp³-hybridized carbons (Fsp3) is 0.467. The van der Waals surface area contributed by atoms with Gasteiger partial charge in [0.1, 0.15) is 0 Å². The Hall–Kier alpha value is -1.40. The van der Waals surface area contributed by atoms with Crippen LogP contribution in [0.2, 0.25) is 0 Å². The lowest BCUT2D eigenvalue weighted by atomic mass is 10.1. The van der Waals surface area contributed by atoms with E-state index < -0.39 is 5.97 Å². The number of hydrogen-bond acceptors (Lipinski definition) is 3. The Morgan fingerprint density at radius 1 is 1.10 bits per heavy atom. The Balaban J connectivity index is 1.77. The van der Waals surface area contributed by atoms with Gasteiger partial charge in [0.2, 0.25) is 5.91 Å². The molecule has 0 saturated carbocycles. The molecule has 2 rings (SSSR count). The molecule has 1 N–H and O–H groups in total. The average molecular weight is 355 g/mol. The van der Waals surface area contributed by atoms with Gasteiger partial charge in [-0.05, 0) is 17.7 Å². The van der Waals surface area contributed by atoms with Crippen LogP contribution in [0.5, 0.6) is 0 Å². The number of carbonyl (C=O) groups is 2. The number of piperazine rings is 1. The van der Waals surface area contributed by atoms with Crippen LogP contribution in [-0.2, 0) is 16.0 Å². The van der Waals surface area contributed by atoms with Crippen molar-refractivity contribution in [2.75, 3.05) is 32.7 Å². The van der Waals surface area contributed by atoms with Crippen molar-refractivity contribution in [3.05, 3.63) is 34.3 Å². The zero-order valence-corrected chi connectivity index (χ0v) is 13.4. The third-order valence-corrected chi connectivity index (χ3v) is 4.16. The van der Waals surface area contributed by atoms with Gasteiger partial charge >= 0.3 is 5.97 Å². The van der Waals surface area contributed by atoms with E-state index >= 15 is 0 Å². The maximum Gasteiger partial charge on any atom is 0.304 e. The molecule has 0 atom stereocenters. The summed E-state index contributed by atoms with van der Waals surface area (Å²) in [7, 11) is 0. The van der Waals surface area contributed by atoms with Crippen molar-refractivity contribution in [2.45, 2.75) is 12.8 Å². The molecule has 1 aliphatic heterocycles. The lowest BCUT2D eigenvalue weighted by Crippen LogP contribution is -2.49. The van der Waals surface area contributed by atoms with Crippen LogP contribution in [-0.4, -0.2) is 59.5 Å². The van der Waals surface area contributed by atoms with Gasteiger partial charge in [0.05, 0.1) is 12.8 Å². The molecular weight excluding hydrogens is 336 g/mol. The van der Waals surface area contributed by atoms with Gasteiger partial charge in [0.15, 0.2) is 0 Å². The van der Waals surface area contributed by atoms with E-state index in [-0.39, 0.29) is 12.3 Å². The second kappa shape index (κ2) is 7.56. The summed E-state index contributed by atoms with van der Waals surface area (Å²) in [6, 6.07) is 7.77. The monoisotopic (exact) mass is 354 g/mol. The summed E-state index contributed by atoms with van der Waals surface area (Å²) in [5.41, 5.74) is 1.01. The predicted molar refractivity (Wildman–Crippen MR) is 83.1 cm³/mol. The van der Waals surface area contributed by atoms with Crippen LogP contribution in [0.4, 0.5) is 0 Å². The lowest BCUT2D eigenvalue weighted by molar-refractivity contribution is -0.138. The molecular formula is C15H19BrN2O3. The number of amides is 1. The molecule has 0 radical (unpaired) electrons. The normalized spacial score (nSPS) is 16.0. The molecule has 1 aromatic carbocycles. The van der Waals surface area contributed by atoms with Gasteiger partial charge in [-0.15, -0.1) is 0 Å². The highest BCUT2D eigenvalue weighted by atomic mass is 79.9. The van der Waals surface area contributed by atoms with Gasteiger partial charge in [0.25, 0.3) is 0 Å². The van der Waals surface area contributed by atoms with Crippen molar-refractivity contribution in [3.63, 3.8) is 0 Å². The van der Waals surface area contributed by atoms with Gasteiger partial charge in [0, 0.05) is 37.2 Å². The minimum Gasteiger partial charge on any atom is -0.481 e. The second-order valence-corrected chi connectivity index (χ2v) is 6.09. The number of carboxylic acids is 1. The molecule has 1 aliphatic rings. The van der Waals surface area contributed by atoms with Crippen molar-refractivity contribution in [3.8, 4) is 0 Å². The molecule has 0 bridgehead atoms. The van der Waals surface area contributed by atoms with Crippen molar-refractivity contribution < 1.29 is 14.7 Å². The molecule has 1 amide bonds. The van der Waals surface area contributed by atoms with Crippen molar-refractivity contribution in [1.29, 1.82) is 0 Å². The summed E-state index contributed by atoms with van der Waals surface area (Å²) in [4.78, 5) is 26.7. The van der Waals surface area contributed by atoms with E-state index in [0.717, 1.165) is 23.1 Å². The molecule has 6 heteroatoms. The molecule has 0 aliphatic carbocycles. The van der Waals surface area contributed by atoms with E-state index in [4.69, 9.17) is 5.11 Å². The van der Waals surface area contributed by atoms with Crippen LogP contribution in [0.3, 0.4) is 0 Å². The van der Waals surface area contributed by atoms with Crippen LogP contribution >= 0.6 is 15.9 Å². The minimum atomic E-state index is -0.774. The smallest absolute Gasteiger partial charge is 0.304 e.